The highest BCUT2D eigenvalue weighted by atomic mass is 35.5. The zero-order valence-corrected chi connectivity index (χ0v) is 13.5. The van der Waals surface area contributed by atoms with Gasteiger partial charge in [-0.15, -0.1) is 13.2 Å². The Balaban J connectivity index is 2.65. The molecule has 2 aromatic rings. The van der Waals surface area contributed by atoms with E-state index in [4.69, 9.17) is 23.2 Å². The van der Waals surface area contributed by atoms with Crippen LogP contribution in [0.2, 0.25) is 10.0 Å². The van der Waals surface area contributed by atoms with Gasteiger partial charge in [0.15, 0.2) is 0 Å². The van der Waals surface area contributed by atoms with E-state index in [1.807, 2.05) is 6.07 Å². The van der Waals surface area contributed by atoms with Crippen LogP contribution in [0.3, 0.4) is 0 Å². The third-order valence-electron chi connectivity index (χ3n) is 3.32. The second kappa shape index (κ2) is 6.91. The molecule has 0 unspecified atom stereocenters. The average molecular weight is 335 g/mol. The Hall–Kier alpha value is -1.90. The third kappa shape index (κ3) is 3.29. The van der Waals surface area contributed by atoms with Gasteiger partial charge in [0.25, 0.3) is 0 Å². The zero-order chi connectivity index (χ0) is 16.3. The molecule has 0 spiro atoms. The van der Waals surface area contributed by atoms with Crippen LogP contribution in [-0.2, 0) is 12.8 Å². The van der Waals surface area contributed by atoms with Crippen molar-refractivity contribution < 1.29 is 10.2 Å². The number of benzene rings is 2. The molecular weight excluding hydrogens is 319 g/mol. The molecule has 2 nitrogen and oxygen atoms in total. The van der Waals surface area contributed by atoms with E-state index < -0.39 is 0 Å². The summed E-state index contributed by atoms with van der Waals surface area (Å²) in [5.74, 6) is 0.0129. The summed E-state index contributed by atoms with van der Waals surface area (Å²) < 4.78 is 0. The molecule has 0 heterocycles. The van der Waals surface area contributed by atoms with Crippen molar-refractivity contribution in [3.63, 3.8) is 0 Å². The summed E-state index contributed by atoms with van der Waals surface area (Å²) in [6, 6.07) is 6.91. The minimum atomic E-state index is -0.0132. The van der Waals surface area contributed by atoms with Gasteiger partial charge in [0.05, 0.1) is 10.0 Å². The van der Waals surface area contributed by atoms with Crippen LogP contribution in [0.1, 0.15) is 11.1 Å². The predicted molar refractivity (Wildman–Crippen MR) is 93.0 cm³/mol. The van der Waals surface area contributed by atoms with Gasteiger partial charge < -0.3 is 10.2 Å². The molecule has 114 valence electrons. The summed E-state index contributed by atoms with van der Waals surface area (Å²) in [7, 11) is 0. The number of hydrogen-bond donors (Lipinski definition) is 2. The third-order valence-corrected chi connectivity index (χ3v) is 3.90. The first-order valence-electron chi connectivity index (χ1n) is 6.72. The van der Waals surface area contributed by atoms with Crippen molar-refractivity contribution in [3.05, 3.63) is 70.7 Å². The normalized spacial score (nSPS) is 10.5. The summed E-state index contributed by atoms with van der Waals surface area (Å²) >= 11 is 12.2. The van der Waals surface area contributed by atoms with Crippen LogP contribution in [0.4, 0.5) is 0 Å². The predicted octanol–water partition coefficient (Wildman–Crippen LogP) is 5.53. The standard InChI is InChI=1S/C18H16Cl2O2/c1-3-5-11-7-14(18(22)15(19)8-11)13-9-12(6-4-2)17(21)16(20)10-13/h3-4,7-10,21-22H,1-2,5-6H2. The summed E-state index contributed by atoms with van der Waals surface area (Å²) in [5.41, 5.74) is 2.82. The van der Waals surface area contributed by atoms with Crippen LogP contribution in [-0.4, -0.2) is 10.2 Å². The summed E-state index contributed by atoms with van der Waals surface area (Å²) in [6.45, 7) is 7.37. The molecule has 0 radical (unpaired) electrons. The van der Waals surface area contributed by atoms with Gasteiger partial charge in [0.1, 0.15) is 11.5 Å². The van der Waals surface area contributed by atoms with Crippen molar-refractivity contribution in [1.29, 1.82) is 0 Å². The molecule has 0 fully saturated rings. The van der Waals surface area contributed by atoms with Crippen LogP contribution in [0.25, 0.3) is 11.1 Å². The quantitative estimate of drug-likeness (QED) is 0.706. The lowest BCUT2D eigenvalue weighted by atomic mass is 9.97. The summed E-state index contributed by atoms with van der Waals surface area (Å²) in [6.07, 6.45) is 4.55. The number of phenols is 2. The van der Waals surface area contributed by atoms with Gasteiger partial charge >= 0.3 is 0 Å². The molecule has 4 heteroatoms. The molecular formula is C18H16Cl2O2. The van der Waals surface area contributed by atoms with E-state index in [9.17, 15) is 10.2 Å². The van der Waals surface area contributed by atoms with Gasteiger partial charge in [0, 0.05) is 5.56 Å². The SMILES string of the molecule is C=CCc1cc(Cl)c(O)c(-c2cc(Cl)c(O)c(CC=C)c2)c1. The maximum absolute atomic E-state index is 10.2. The summed E-state index contributed by atoms with van der Waals surface area (Å²) in [4.78, 5) is 0. The van der Waals surface area contributed by atoms with E-state index in [1.54, 1.807) is 30.4 Å². The lowest BCUT2D eigenvalue weighted by molar-refractivity contribution is 0.469. The molecule has 0 aliphatic heterocycles. The molecule has 0 saturated heterocycles. The molecule has 0 aliphatic rings. The highest BCUT2D eigenvalue weighted by Gasteiger charge is 2.14. The van der Waals surface area contributed by atoms with Crippen molar-refractivity contribution in [2.45, 2.75) is 12.8 Å². The first-order valence-corrected chi connectivity index (χ1v) is 7.48. The lowest BCUT2D eigenvalue weighted by Crippen LogP contribution is -1.90. The largest absolute Gasteiger partial charge is 0.506 e. The molecule has 2 N–H and O–H groups in total. The Bertz CT molecular complexity index is 736. The highest BCUT2D eigenvalue weighted by molar-refractivity contribution is 6.33. The van der Waals surface area contributed by atoms with Crippen molar-refractivity contribution in [3.8, 4) is 22.6 Å². The Morgan fingerprint density at radius 2 is 1.50 bits per heavy atom. The minimum Gasteiger partial charge on any atom is -0.506 e. The molecule has 0 atom stereocenters. The monoisotopic (exact) mass is 334 g/mol. The van der Waals surface area contributed by atoms with Gasteiger partial charge in [-0.1, -0.05) is 35.4 Å². The first kappa shape index (κ1) is 16.5. The molecule has 22 heavy (non-hydrogen) atoms. The molecule has 0 aromatic heterocycles. The Morgan fingerprint density at radius 1 is 0.864 bits per heavy atom. The summed E-state index contributed by atoms with van der Waals surface area (Å²) in [5, 5.41) is 20.7. The van der Waals surface area contributed by atoms with Gasteiger partial charge in [0.2, 0.25) is 0 Å². The molecule has 0 bridgehead atoms. The topological polar surface area (TPSA) is 40.5 Å². The van der Waals surface area contributed by atoms with E-state index >= 15 is 0 Å². The fourth-order valence-electron chi connectivity index (χ4n) is 2.28. The molecule has 0 saturated carbocycles. The highest BCUT2D eigenvalue weighted by Crippen LogP contribution is 2.40. The van der Waals surface area contributed by atoms with Crippen LogP contribution in [0, 0.1) is 0 Å². The fourth-order valence-corrected chi connectivity index (χ4v) is 2.76. The van der Waals surface area contributed by atoms with E-state index in [-0.39, 0.29) is 21.5 Å². The van der Waals surface area contributed by atoms with Gasteiger partial charge in [-0.2, -0.15) is 0 Å². The fraction of sp³-hybridized carbons (Fsp3) is 0.111. The maximum Gasteiger partial charge on any atom is 0.142 e. The van der Waals surface area contributed by atoms with Crippen LogP contribution < -0.4 is 0 Å². The van der Waals surface area contributed by atoms with Crippen LogP contribution in [0.5, 0.6) is 11.5 Å². The van der Waals surface area contributed by atoms with Crippen LogP contribution >= 0.6 is 23.2 Å². The Morgan fingerprint density at radius 3 is 2.14 bits per heavy atom. The second-order valence-corrected chi connectivity index (χ2v) is 5.74. The smallest absolute Gasteiger partial charge is 0.142 e. The first-order chi connectivity index (χ1) is 10.5. The molecule has 2 rings (SSSR count). The lowest BCUT2D eigenvalue weighted by Gasteiger charge is -2.12. The Labute approximate surface area is 139 Å². The van der Waals surface area contributed by atoms with E-state index in [0.29, 0.717) is 29.5 Å². The number of rotatable bonds is 5. The number of aromatic hydroxyl groups is 2. The number of halogens is 2. The van der Waals surface area contributed by atoms with E-state index in [1.165, 1.54) is 0 Å². The second-order valence-electron chi connectivity index (χ2n) is 4.93. The molecule has 2 aromatic carbocycles. The van der Waals surface area contributed by atoms with Crippen molar-refractivity contribution in [1.82, 2.24) is 0 Å². The van der Waals surface area contributed by atoms with Crippen LogP contribution in [0.15, 0.2) is 49.6 Å². The number of phenolic OH excluding ortho intramolecular Hbond substituents is 2. The van der Waals surface area contributed by atoms with Gasteiger partial charge in [-0.3, -0.25) is 0 Å². The van der Waals surface area contributed by atoms with E-state index in [0.717, 1.165) is 5.56 Å². The van der Waals surface area contributed by atoms with Crippen molar-refractivity contribution in [2.24, 2.45) is 0 Å². The maximum atomic E-state index is 10.2. The van der Waals surface area contributed by atoms with Gasteiger partial charge in [-0.05, 0) is 53.8 Å². The number of allylic oxidation sites excluding steroid dienone is 2. The van der Waals surface area contributed by atoms with Gasteiger partial charge in [-0.25, -0.2) is 0 Å². The van der Waals surface area contributed by atoms with Crippen molar-refractivity contribution >= 4 is 23.2 Å². The average Bonchev–Trinajstić information content (AvgIpc) is 2.48. The molecule has 0 aliphatic carbocycles. The van der Waals surface area contributed by atoms with E-state index in [2.05, 4.69) is 13.2 Å². The molecule has 0 amide bonds. The Kier molecular flexibility index (Phi) is 5.17. The minimum absolute atomic E-state index is 0.0132. The number of hydrogen-bond acceptors (Lipinski definition) is 2. The van der Waals surface area contributed by atoms with Crippen molar-refractivity contribution in [2.75, 3.05) is 0 Å². The zero-order valence-electron chi connectivity index (χ0n) is 11.9.